The van der Waals surface area contributed by atoms with Crippen molar-refractivity contribution in [1.82, 2.24) is 9.97 Å². The highest BCUT2D eigenvalue weighted by Gasteiger charge is 2.18. The fraction of sp³-hybridized carbons (Fsp3) is 0.533. The molecule has 1 aliphatic rings. The maximum Gasteiger partial charge on any atom is 0.203 e. The molecule has 0 amide bonds. The molecule has 3 rings (SSSR count). The van der Waals surface area contributed by atoms with Crippen LogP contribution in [0.3, 0.4) is 0 Å². The van der Waals surface area contributed by atoms with Crippen LogP contribution >= 0.6 is 0 Å². The smallest absolute Gasteiger partial charge is 0.203 e. The number of anilines is 2. The number of benzene rings is 1. The molecule has 0 saturated carbocycles. The van der Waals surface area contributed by atoms with Crippen molar-refractivity contribution >= 4 is 22.7 Å². The van der Waals surface area contributed by atoms with E-state index in [2.05, 4.69) is 21.8 Å². The standard InChI is InChI=1S/C15H22N4/c1-2-11-4-3-8-19(9-7-11)15-17-13-6-5-12(16)10-14(13)18-15/h5-6,10-11H,2-4,7-9,16H2,1H3,(H,17,18). The summed E-state index contributed by atoms with van der Waals surface area (Å²) in [4.78, 5) is 10.5. The van der Waals surface area contributed by atoms with Crippen molar-refractivity contribution in [3.8, 4) is 0 Å². The number of nitrogen functional groups attached to an aromatic ring is 1. The van der Waals surface area contributed by atoms with E-state index in [4.69, 9.17) is 5.73 Å². The molecule has 1 unspecified atom stereocenters. The lowest BCUT2D eigenvalue weighted by atomic mass is 9.98. The molecule has 19 heavy (non-hydrogen) atoms. The van der Waals surface area contributed by atoms with Crippen LogP contribution in [-0.4, -0.2) is 23.1 Å². The van der Waals surface area contributed by atoms with Crippen LogP contribution in [0.25, 0.3) is 11.0 Å². The van der Waals surface area contributed by atoms with E-state index in [0.29, 0.717) is 0 Å². The first-order valence-corrected chi connectivity index (χ1v) is 7.26. The zero-order chi connectivity index (χ0) is 13.2. The summed E-state index contributed by atoms with van der Waals surface area (Å²) >= 11 is 0. The summed E-state index contributed by atoms with van der Waals surface area (Å²) < 4.78 is 0. The van der Waals surface area contributed by atoms with Gasteiger partial charge in [-0.25, -0.2) is 4.98 Å². The average Bonchev–Trinajstić information content (AvgIpc) is 2.68. The van der Waals surface area contributed by atoms with Crippen molar-refractivity contribution < 1.29 is 0 Å². The number of nitrogens with two attached hydrogens (primary N) is 1. The second-order valence-corrected chi connectivity index (χ2v) is 5.53. The summed E-state index contributed by atoms with van der Waals surface area (Å²) in [6.07, 6.45) is 5.18. The van der Waals surface area contributed by atoms with Gasteiger partial charge in [-0.2, -0.15) is 0 Å². The first-order chi connectivity index (χ1) is 9.26. The third-order valence-electron chi connectivity index (χ3n) is 4.22. The molecule has 0 radical (unpaired) electrons. The zero-order valence-corrected chi connectivity index (χ0v) is 11.5. The molecule has 1 aromatic carbocycles. The first kappa shape index (κ1) is 12.3. The van der Waals surface area contributed by atoms with E-state index in [9.17, 15) is 0 Å². The van der Waals surface area contributed by atoms with Crippen LogP contribution in [0.4, 0.5) is 11.6 Å². The van der Waals surface area contributed by atoms with Gasteiger partial charge in [0.25, 0.3) is 0 Å². The van der Waals surface area contributed by atoms with Gasteiger partial charge in [-0.05, 0) is 43.4 Å². The number of hydrogen-bond donors (Lipinski definition) is 2. The topological polar surface area (TPSA) is 57.9 Å². The summed E-state index contributed by atoms with van der Waals surface area (Å²) in [6.45, 7) is 4.50. The third-order valence-corrected chi connectivity index (χ3v) is 4.22. The number of H-pyrrole nitrogens is 1. The highest BCUT2D eigenvalue weighted by Crippen LogP contribution is 2.25. The molecule has 0 spiro atoms. The fourth-order valence-electron chi connectivity index (χ4n) is 2.95. The molecule has 4 heteroatoms. The van der Waals surface area contributed by atoms with Crippen molar-refractivity contribution in [3.63, 3.8) is 0 Å². The SMILES string of the molecule is CCC1CCCN(c2nc3ccc(N)cc3[nH]2)CC1. The number of nitrogens with zero attached hydrogens (tertiary/aromatic N) is 2. The zero-order valence-electron chi connectivity index (χ0n) is 11.5. The molecule has 1 aliphatic heterocycles. The van der Waals surface area contributed by atoms with Crippen LogP contribution < -0.4 is 10.6 Å². The molecule has 0 aliphatic carbocycles. The van der Waals surface area contributed by atoms with E-state index in [1.54, 1.807) is 0 Å². The monoisotopic (exact) mass is 258 g/mol. The summed E-state index contributed by atoms with van der Waals surface area (Å²) in [5, 5.41) is 0. The Morgan fingerprint density at radius 2 is 2.26 bits per heavy atom. The number of rotatable bonds is 2. The molecule has 2 heterocycles. The Balaban J connectivity index is 1.83. The molecule has 3 N–H and O–H groups in total. The van der Waals surface area contributed by atoms with Gasteiger partial charge < -0.3 is 15.6 Å². The number of imidazole rings is 1. The van der Waals surface area contributed by atoms with Gasteiger partial charge in [-0.1, -0.05) is 13.3 Å². The lowest BCUT2D eigenvalue weighted by molar-refractivity contribution is 0.459. The van der Waals surface area contributed by atoms with Crippen molar-refractivity contribution in [2.75, 3.05) is 23.7 Å². The predicted octanol–water partition coefficient (Wildman–Crippen LogP) is 3.16. The van der Waals surface area contributed by atoms with Crippen molar-refractivity contribution in [2.24, 2.45) is 5.92 Å². The minimum absolute atomic E-state index is 0.782. The second-order valence-electron chi connectivity index (χ2n) is 5.53. The van der Waals surface area contributed by atoms with Crippen molar-refractivity contribution in [3.05, 3.63) is 18.2 Å². The molecule has 0 bridgehead atoms. The van der Waals surface area contributed by atoms with Crippen LogP contribution in [-0.2, 0) is 0 Å². The molecular weight excluding hydrogens is 236 g/mol. The Bertz CT molecular complexity index is 560. The molecule has 102 valence electrons. The minimum atomic E-state index is 0.782. The predicted molar refractivity (Wildman–Crippen MR) is 80.4 cm³/mol. The van der Waals surface area contributed by atoms with Gasteiger partial charge in [0.1, 0.15) is 0 Å². The number of aromatic amines is 1. The van der Waals surface area contributed by atoms with Gasteiger partial charge in [-0.3, -0.25) is 0 Å². The highest BCUT2D eigenvalue weighted by atomic mass is 15.3. The maximum atomic E-state index is 5.81. The fourth-order valence-corrected chi connectivity index (χ4v) is 2.95. The number of fused-ring (bicyclic) bond motifs is 1. The van der Waals surface area contributed by atoms with E-state index in [-0.39, 0.29) is 0 Å². The van der Waals surface area contributed by atoms with Crippen molar-refractivity contribution in [2.45, 2.75) is 32.6 Å². The van der Waals surface area contributed by atoms with Gasteiger partial charge in [0.05, 0.1) is 11.0 Å². The van der Waals surface area contributed by atoms with Crippen LogP contribution in [0.15, 0.2) is 18.2 Å². The van der Waals surface area contributed by atoms with Crippen LogP contribution in [0.5, 0.6) is 0 Å². The van der Waals surface area contributed by atoms with E-state index < -0.39 is 0 Å². The van der Waals surface area contributed by atoms with Gasteiger partial charge in [-0.15, -0.1) is 0 Å². The Hall–Kier alpha value is -1.71. The third kappa shape index (κ3) is 2.53. The van der Waals surface area contributed by atoms with Gasteiger partial charge in [0.2, 0.25) is 5.95 Å². The molecular formula is C15H22N4. The maximum absolute atomic E-state index is 5.81. The Kier molecular flexibility index (Phi) is 3.32. The second kappa shape index (κ2) is 5.11. The Labute approximate surface area is 114 Å². The summed E-state index contributed by atoms with van der Waals surface area (Å²) in [6, 6.07) is 5.85. The van der Waals surface area contributed by atoms with E-state index in [1.807, 2.05) is 18.2 Å². The molecule has 1 saturated heterocycles. The summed E-state index contributed by atoms with van der Waals surface area (Å²) in [7, 11) is 0. The lowest BCUT2D eigenvalue weighted by Gasteiger charge is -2.19. The average molecular weight is 258 g/mol. The van der Waals surface area contributed by atoms with E-state index >= 15 is 0 Å². The number of nitrogens with one attached hydrogen (secondary N) is 1. The van der Waals surface area contributed by atoms with E-state index in [1.165, 1.54) is 25.7 Å². The van der Waals surface area contributed by atoms with Gasteiger partial charge >= 0.3 is 0 Å². The minimum Gasteiger partial charge on any atom is -0.399 e. The normalized spacial score (nSPS) is 20.7. The quantitative estimate of drug-likeness (QED) is 0.813. The molecule has 1 fully saturated rings. The summed E-state index contributed by atoms with van der Waals surface area (Å²) in [5.74, 6) is 1.88. The first-order valence-electron chi connectivity index (χ1n) is 7.26. The van der Waals surface area contributed by atoms with Crippen molar-refractivity contribution in [1.29, 1.82) is 0 Å². The van der Waals surface area contributed by atoms with Crippen LogP contribution in [0.1, 0.15) is 32.6 Å². The van der Waals surface area contributed by atoms with E-state index in [0.717, 1.165) is 41.7 Å². The van der Waals surface area contributed by atoms with Crippen LogP contribution in [0, 0.1) is 5.92 Å². The van der Waals surface area contributed by atoms with Gasteiger partial charge in [0, 0.05) is 18.8 Å². The Morgan fingerprint density at radius 1 is 1.37 bits per heavy atom. The molecule has 4 nitrogen and oxygen atoms in total. The number of aromatic nitrogens is 2. The number of hydrogen-bond acceptors (Lipinski definition) is 3. The lowest BCUT2D eigenvalue weighted by Crippen LogP contribution is -2.25. The molecule has 1 aromatic heterocycles. The summed E-state index contributed by atoms with van der Waals surface area (Å²) in [5.41, 5.74) is 8.63. The van der Waals surface area contributed by atoms with Gasteiger partial charge in [0.15, 0.2) is 0 Å². The highest BCUT2D eigenvalue weighted by molar-refractivity contribution is 5.80. The molecule has 2 aromatic rings. The largest absolute Gasteiger partial charge is 0.399 e. The Morgan fingerprint density at radius 3 is 3.11 bits per heavy atom. The molecule has 1 atom stereocenters. The van der Waals surface area contributed by atoms with Crippen LogP contribution in [0.2, 0.25) is 0 Å².